The fraction of sp³-hybridized carbons (Fsp3) is 0.526. The molecule has 2 amide bonds. The Labute approximate surface area is 149 Å². The molecule has 1 aliphatic rings. The molecule has 1 fully saturated rings. The molecule has 6 heteroatoms. The lowest BCUT2D eigenvalue weighted by Crippen LogP contribution is -2.48. The number of urea groups is 1. The van der Waals surface area contributed by atoms with Crippen molar-refractivity contribution in [3.8, 4) is 0 Å². The summed E-state index contributed by atoms with van der Waals surface area (Å²) in [6, 6.07) is 10.6. The molecule has 0 bridgehead atoms. The molecule has 1 aromatic carbocycles. The van der Waals surface area contributed by atoms with E-state index in [1.165, 1.54) is 5.56 Å². The Bertz CT molecular complexity index is 635. The molecule has 1 aromatic heterocycles. The van der Waals surface area contributed by atoms with Crippen LogP contribution < -0.4 is 5.32 Å². The summed E-state index contributed by atoms with van der Waals surface area (Å²) >= 11 is 0. The Morgan fingerprint density at radius 1 is 1.32 bits per heavy atom. The smallest absolute Gasteiger partial charge is 0.317 e. The summed E-state index contributed by atoms with van der Waals surface area (Å²) in [4.78, 5) is 18.8. The number of H-pyrrole nitrogens is 1. The maximum absolute atomic E-state index is 12.6. The minimum atomic E-state index is 0.0606. The molecule has 0 aliphatic carbocycles. The number of hydrogen-bond donors (Lipinski definition) is 2. The van der Waals surface area contributed by atoms with Crippen molar-refractivity contribution >= 4 is 6.03 Å². The highest BCUT2D eigenvalue weighted by atomic mass is 16.2. The second kappa shape index (κ2) is 8.65. The fourth-order valence-electron chi connectivity index (χ4n) is 3.51. The fourth-order valence-corrected chi connectivity index (χ4v) is 3.51. The van der Waals surface area contributed by atoms with Crippen LogP contribution in [-0.4, -0.2) is 45.2 Å². The molecule has 0 radical (unpaired) electrons. The highest BCUT2D eigenvalue weighted by molar-refractivity contribution is 5.74. The largest absolute Gasteiger partial charge is 0.335 e. The summed E-state index contributed by atoms with van der Waals surface area (Å²) in [6.45, 7) is 3.69. The monoisotopic (exact) mass is 341 g/mol. The van der Waals surface area contributed by atoms with E-state index >= 15 is 0 Å². The van der Waals surface area contributed by atoms with E-state index in [9.17, 15) is 4.79 Å². The van der Waals surface area contributed by atoms with Gasteiger partial charge in [0.15, 0.2) is 0 Å². The van der Waals surface area contributed by atoms with Gasteiger partial charge in [-0.2, -0.15) is 5.10 Å². The third-order valence-corrected chi connectivity index (χ3v) is 4.89. The zero-order valence-electron chi connectivity index (χ0n) is 14.8. The maximum Gasteiger partial charge on any atom is 0.317 e. The third kappa shape index (κ3) is 4.81. The van der Waals surface area contributed by atoms with Crippen LogP contribution in [0, 0.1) is 0 Å². The summed E-state index contributed by atoms with van der Waals surface area (Å²) in [5.74, 6) is 1.32. The number of benzene rings is 1. The van der Waals surface area contributed by atoms with Gasteiger partial charge in [0.1, 0.15) is 12.2 Å². The van der Waals surface area contributed by atoms with Crippen LogP contribution in [0.25, 0.3) is 0 Å². The molecule has 2 aromatic rings. The molecular formula is C19H27N5O. The number of aromatic nitrogens is 3. The number of likely N-dealkylation sites (tertiary alicyclic amines) is 1. The summed E-state index contributed by atoms with van der Waals surface area (Å²) in [7, 11) is 0. The lowest BCUT2D eigenvalue weighted by atomic mass is 9.96. The van der Waals surface area contributed by atoms with Gasteiger partial charge in [0.05, 0.1) is 0 Å². The van der Waals surface area contributed by atoms with Gasteiger partial charge in [0, 0.05) is 25.0 Å². The van der Waals surface area contributed by atoms with Crippen molar-refractivity contribution in [3.63, 3.8) is 0 Å². The highest BCUT2D eigenvalue weighted by Gasteiger charge is 2.26. The van der Waals surface area contributed by atoms with Gasteiger partial charge >= 0.3 is 6.03 Å². The van der Waals surface area contributed by atoms with Gasteiger partial charge < -0.3 is 10.2 Å². The van der Waals surface area contributed by atoms with Crippen LogP contribution >= 0.6 is 0 Å². The van der Waals surface area contributed by atoms with Crippen molar-refractivity contribution in [2.45, 2.75) is 51.0 Å². The minimum absolute atomic E-state index is 0.0606. The number of amides is 2. The normalized spacial score (nSPS) is 16.6. The Hall–Kier alpha value is -2.37. The van der Waals surface area contributed by atoms with Crippen molar-refractivity contribution in [1.29, 1.82) is 0 Å². The molecule has 2 heterocycles. The Balaban J connectivity index is 1.51. The van der Waals surface area contributed by atoms with Crippen LogP contribution in [0.3, 0.4) is 0 Å². The van der Waals surface area contributed by atoms with Crippen LogP contribution in [0.1, 0.15) is 49.9 Å². The summed E-state index contributed by atoms with van der Waals surface area (Å²) < 4.78 is 0. The SMILES string of the molecule is CCCC(Cc1ccccc1)NC(=O)N1CCC(c2ncn[nH]2)CC1. The van der Waals surface area contributed by atoms with Crippen molar-refractivity contribution in [2.75, 3.05) is 13.1 Å². The molecule has 25 heavy (non-hydrogen) atoms. The standard InChI is InChI=1S/C19H27N5O/c1-2-6-17(13-15-7-4-3-5-8-15)22-19(25)24-11-9-16(10-12-24)18-20-14-21-23-18/h3-5,7-8,14,16-17H,2,6,9-13H2,1H3,(H,22,25)(H,20,21,23). The van der Waals surface area contributed by atoms with Crippen LogP contribution in [0.5, 0.6) is 0 Å². The molecule has 1 saturated heterocycles. The maximum atomic E-state index is 12.6. The molecular weight excluding hydrogens is 314 g/mol. The number of carbonyl (C=O) groups is 1. The summed E-state index contributed by atoms with van der Waals surface area (Å²) in [5, 5.41) is 10.1. The van der Waals surface area contributed by atoms with E-state index in [1.807, 2.05) is 11.0 Å². The first-order chi connectivity index (χ1) is 12.3. The average molecular weight is 341 g/mol. The third-order valence-electron chi connectivity index (χ3n) is 4.89. The van der Waals surface area contributed by atoms with Gasteiger partial charge in [-0.3, -0.25) is 5.10 Å². The van der Waals surface area contributed by atoms with Gasteiger partial charge in [-0.1, -0.05) is 43.7 Å². The van der Waals surface area contributed by atoms with Gasteiger partial charge in [-0.05, 0) is 31.2 Å². The quantitative estimate of drug-likeness (QED) is 0.848. The second-order valence-electron chi connectivity index (χ2n) is 6.76. The van der Waals surface area contributed by atoms with Gasteiger partial charge in [0.25, 0.3) is 0 Å². The van der Waals surface area contributed by atoms with Crippen LogP contribution in [0.15, 0.2) is 36.7 Å². The van der Waals surface area contributed by atoms with Crippen molar-refractivity contribution < 1.29 is 4.79 Å². The molecule has 0 saturated carbocycles. The Morgan fingerprint density at radius 3 is 2.72 bits per heavy atom. The molecule has 1 aliphatic heterocycles. The lowest BCUT2D eigenvalue weighted by Gasteiger charge is -2.32. The number of nitrogens with one attached hydrogen (secondary N) is 2. The number of nitrogens with zero attached hydrogens (tertiary/aromatic N) is 3. The predicted molar refractivity (Wildman–Crippen MR) is 97.3 cm³/mol. The number of carbonyl (C=O) groups excluding carboxylic acids is 1. The minimum Gasteiger partial charge on any atom is -0.335 e. The van der Waals surface area contributed by atoms with Gasteiger partial charge in [0.2, 0.25) is 0 Å². The van der Waals surface area contributed by atoms with Gasteiger partial charge in [-0.15, -0.1) is 0 Å². The number of rotatable bonds is 6. The Morgan fingerprint density at radius 2 is 2.08 bits per heavy atom. The molecule has 0 spiro atoms. The van der Waals surface area contributed by atoms with E-state index in [4.69, 9.17) is 0 Å². The number of piperidine rings is 1. The van der Waals surface area contributed by atoms with Crippen molar-refractivity contribution in [3.05, 3.63) is 48.0 Å². The van der Waals surface area contributed by atoms with Crippen molar-refractivity contribution in [1.82, 2.24) is 25.4 Å². The van der Waals surface area contributed by atoms with E-state index in [2.05, 4.69) is 51.7 Å². The molecule has 3 rings (SSSR count). The van der Waals surface area contributed by atoms with Crippen LogP contribution in [-0.2, 0) is 6.42 Å². The zero-order chi connectivity index (χ0) is 17.5. The van der Waals surface area contributed by atoms with Gasteiger partial charge in [-0.25, -0.2) is 9.78 Å². The predicted octanol–water partition coefficient (Wildman–Crippen LogP) is 3.11. The van der Waals surface area contributed by atoms with E-state index in [-0.39, 0.29) is 12.1 Å². The molecule has 1 unspecified atom stereocenters. The number of aromatic amines is 1. The highest BCUT2D eigenvalue weighted by Crippen LogP contribution is 2.25. The Kier molecular flexibility index (Phi) is 6.04. The van der Waals surface area contributed by atoms with Crippen LogP contribution in [0.4, 0.5) is 4.79 Å². The van der Waals surface area contributed by atoms with E-state index in [0.29, 0.717) is 5.92 Å². The van der Waals surface area contributed by atoms with E-state index in [0.717, 1.165) is 51.0 Å². The topological polar surface area (TPSA) is 73.9 Å². The zero-order valence-corrected chi connectivity index (χ0v) is 14.8. The molecule has 6 nitrogen and oxygen atoms in total. The lowest BCUT2D eigenvalue weighted by molar-refractivity contribution is 0.176. The molecule has 1 atom stereocenters. The first kappa shape index (κ1) is 17.5. The first-order valence-corrected chi connectivity index (χ1v) is 9.21. The van der Waals surface area contributed by atoms with E-state index < -0.39 is 0 Å². The molecule has 2 N–H and O–H groups in total. The second-order valence-corrected chi connectivity index (χ2v) is 6.76. The number of hydrogen-bond acceptors (Lipinski definition) is 3. The average Bonchev–Trinajstić information content (AvgIpc) is 3.17. The van der Waals surface area contributed by atoms with Crippen LogP contribution in [0.2, 0.25) is 0 Å². The molecule has 134 valence electrons. The van der Waals surface area contributed by atoms with E-state index in [1.54, 1.807) is 6.33 Å². The summed E-state index contributed by atoms with van der Waals surface area (Å²) in [5.41, 5.74) is 1.27. The van der Waals surface area contributed by atoms with Crippen molar-refractivity contribution in [2.24, 2.45) is 0 Å². The summed E-state index contributed by atoms with van der Waals surface area (Å²) in [6.07, 6.45) is 6.35. The first-order valence-electron chi connectivity index (χ1n) is 9.21.